The number of aromatic carboxylic acids is 1. The van der Waals surface area contributed by atoms with Gasteiger partial charge in [0, 0.05) is 3.57 Å². The fourth-order valence-corrected chi connectivity index (χ4v) is 2.93. The third-order valence-electron chi connectivity index (χ3n) is 3.63. The summed E-state index contributed by atoms with van der Waals surface area (Å²) in [5.74, 6) is -0.525. The van der Waals surface area contributed by atoms with E-state index in [0.717, 1.165) is 3.57 Å². The summed E-state index contributed by atoms with van der Waals surface area (Å²) in [6.07, 6.45) is 0. The number of rotatable bonds is 6. The Bertz CT molecular complexity index is 853. The van der Waals surface area contributed by atoms with Crippen LogP contribution >= 0.6 is 34.8 Å². The van der Waals surface area contributed by atoms with Crippen molar-refractivity contribution >= 4 is 57.5 Å². The Hall–Kier alpha value is -2.20. The highest BCUT2D eigenvalue weighted by molar-refractivity contribution is 14.1. The molecule has 0 unspecified atom stereocenters. The van der Waals surface area contributed by atoms with Crippen molar-refractivity contribution in [1.29, 1.82) is 0 Å². The zero-order valence-electron chi connectivity index (χ0n) is 14.8. The quantitative estimate of drug-likeness (QED) is 0.412. The number of hydrogen-bond donors (Lipinski definition) is 3. The molecule has 1 amide bonds. The molecule has 0 bridgehead atoms. The SMILES string of the molecule is CC(C)c1ccc(OCC(=O)NC(=S)Nc2ccc(I)cc2C(=O)O)cc1. The highest BCUT2D eigenvalue weighted by Gasteiger charge is 2.13. The molecule has 6 nitrogen and oxygen atoms in total. The fourth-order valence-electron chi connectivity index (χ4n) is 2.22. The van der Waals surface area contributed by atoms with Crippen LogP contribution in [-0.2, 0) is 4.79 Å². The number of thiocarbonyl (C=S) groups is 1. The maximum absolute atomic E-state index is 12.0. The van der Waals surface area contributed by atoms with Crippen LogP contribution in [0.5, 0.6) is 5.75 Å². The lowest BCUT2D eigenvalue weighted by molar-refractivity contribution is -0.121. The van der Waals surface area contributed by atoms with Crippen molar-refractivity contribution < 1.29 is 19.4 Å². The molecule has 0 aliphatic rings. The predicted molar refractivity (Wildman–Crippen MR) is 117 cm³/mol. The monoisotopic (exact) mass is 498 g/mol. The van der Waals surface area contributed by atoms with Crippen LogP contribution in [0, 0.1) is 3.57 Å². The number of carboxylic acid groups (broad SMARTS) is 1. The number of nitrogens with one attached hydrogen (secondary N) is 2. The van der Waals surface area contributed by atoms with Crippen LogP contribution < -0.4 is 15.4 Å². The first kappa shape index (κ1) is 21.1. The van der Waals surface area contributed by atoms with Crippen molar-refractivity contribution in [3.05, 3.63) is 57.2 Å². The number of carbonyl (C=O) groups excluding carboxylic acids is 1. The zero-order chi connectivity index (χ0) is 20.0. The number of ether oxygens (including phenoxy) is 1. The molecule has 0 saturated heterocycles. The number of amides is 1. The van der Waals surface area contributed by atoms with Gasteiger partial charge in [-0.3, -0.25) is 10.1 Å². The summed E-state index contributed by atoms with van der Waals surface area (Å²) in [5, 5.41) is 14.5. The second kappa shape index (κ2) is 9.65. The largest absolute Gasteiger partial charge is 0.484 e. The third kappa shape index (κ3) is 6.47. The lowest BCUT2D eigenvalue weighted by atomic mass is 10.0. The maximum Gasteiger partial charge on any atom is 0.337 e. The van der Waals surface area contributed by atoms with E-state index in [-0.39, 0.29) is 17.3 Å². The van der Waals surface area contributed by atoms with E-state index in [1.54, 1.807) is 12.1 Å². The lowest BCUT2D eigenvalue weighted by Gasteiger charge is -2.13. The average molecular weight is 498 g/mol. The maximum atomic E-state index is 12.0. The molecular weight excluding hydrogens is 479 g/mol. The molecule has 0 radical (unpaired) electrons. The lowest BCUT2D eigenvalue weighted by Crippen LogP contribution is -2.37. The molecule has 0 heterocycles. The predicted octanol–water partition coefficient (Wildman–Crippen LogP) is 4.00. The molecule has 8 heteroatoms. The van der Waals surface area contributed by atoms with Crippen LogP contribution in [0.15, 0.2) is 42.5 Å². The van der Waals surface area contributed by atoms with Gasteiger partial charge in [0.15, 0.2) is 11.7 Å². The van der Waals surface area contributed by atoms with Crippen LogP contribution in [0.3, 0.4) is 0 Å². The Morgan fingerprint density at radius 2 is 1.85 bits per heavy atom. The molecule has 27 heavy (non-hydrogen) atoms. The molecular formula is C19H19IN2O4S. The van der Waals surface area contributed by atoms with Gasteiger partial charge in [0.25, 0.3) is 5.91 Å². The van der Waals surface area contributed by atoms with Gasteiger partial charge >= 0.3 is 5.97 Å². The third-order valence-corrected chi connectivity index (χ3v) is 4.50. The van der Waals surface area contributed by atoms with E-state index in [1.807, 2.05) is 46.9 Å². The molecule has 0 fully saturated rings. The van der Waals surface area contributed by atoms with Crippen molar-refractivity contribution in [3.63, 3.8) is 0 Å². The van der Waals surface area contributed by atoms with E-state index in [1.165, 1.54) is 11.6 Å². The number of carboxylic acids is 1. The van der Waals surface area contributed by atoms with Gasteiger partial charge in [-0.1, -0.05) is 26.0 Å². The molecule has 2 aromatic rings. The molecule has 0 aromatic heterocycles. The summed E-state index contributed by atoms with van der Waals surface area (Å²) >= 11 is 7.10. The molecule has 0 aliphatic heterocycles. The Labute approximate surface area is 176 Å². The van der Waals surface area contributed by atoms with Gasteiger partial charge in [0.1, 0.15) is 5.75 Å². The number of benzene rings is 2. The normalized spacial score (nSPS) is 10.4. The molecule has 2 rings (SSSR count). The smallest absolute Gasteiger partial charge is 0.337 e. The number of carbonyl (C=O) groups is 2. The average Bonchev–Trinajstić information content (AvgIpc) is 2.61. The zero-order valence-corrected chi connectivity index (χ0v) is 17.8. The minimum Gasteiger partial charge on any atom is -0.484 e. The summed E-state index contributed by atoms with van der Waals surface area (Å²) in [6, 6.07) is 12.4. The van der Waals surface area contributed by atoms with Gasteiger partial charge in [0.2, 0.25) is 0 Å². The first-order valence-corrected chi connectivity index (χ1v) is 9.61. The molecule has 0 atom stereocenters. The van der Waals surface area contributed by atoms with Crippen molar-refractivity contribution in [2.75, 3.05) is 11.9 Å². The Kier molecular flexibility index (Phi) is 7.55. The first-order valence-electron chi connectivity index (χ1n) is 8.12. The summed E-state index contributed by atoms with van der Waals surface area (Å²) in [6.45, 7) is 3.99. The van der Waals surface area contributed by atoms with Gasteiger partial charge in [-0.25, -0.2) is 4.79 Å². The van der Waals surface area contributed by atoms with E-state index in [9.17, 15) is 14.7 Å². The summed E-state index contributed by atoms with van der Waals surface area (Å²) in [7, 11) is 0. The second-order valence-electron chi connectivity index (χ2n) is 6.01. The van der Waals surface area contributed by atoms with E-state index in [0.29, 0.717) is 17.4 Å². The van der Waals surface area contributed by atoms with Gasteiger partial charge < -0.3 is 15.2 Å². The van der Waals surface area contributed by atoms with Crippen LogP contribution in [0.2, 0.25) is 0 Å². The van der Waals surface area contributed by atoms with Crippen LogP contribution in [0.1, 0.15) is 35.7 Å². The van der Waals surface area contributed by atoms with Crippen LogP contribution in [0.25, 0.3) is 0 Å². The van der Waals surface area contributed by atoms with E-state index < -0.39 is 11.9 Å². The molecule has 142 valence electrons. The summed E-state index contributed by atoms with van der Waals surface area (Å²) < 4.78 is 6.22. The minimum atomic E-state index is -1.08. The van der Waals surface area contributed by atoms with Crippen molar-refractivity contribution in [2.45, 2.75) is 19.8 Å². The number of anilines is 1. The summed E-state index contributed by atoms with van der Waals surface area (Å²) in [5.41, 5.74) is 1.56. The van der Waals surface area contributed by atoms with Gasteiger partial charge in [-0.15, -0.1) is 0 Å². The molecule has 2 aromatic carbocycles. The van der Waals surface area contributed by atoms with Crippen molar-refractivity contribution in [2.24, 2.45) is 0 Å². The highest BCUT2D eigenvalue weighted by atomic mass is 127. The Morgan fingerprint density at radius 1 is 1.19 bits per heavy atom. The van der Waals surface area contributed by atoms with Gasteiger partial charge in [0.05, 0.1) is 11.3 Å². The van der Waals surface area contributed by atoms with Crippen LogP contribution in [0.4, 0.5) is 5.69 Å². The van der Waals surface area contributed by atoms with Crippen molar-refractivity contribution in [1.82, 2.24) is 5.32 Å². The van der Waals surface area contributed by atoms with Gasteiger partial charge in [-0.2, -0.15) is 0 Å². The topological polar surface area (TPSA) is 87.7 Å². The van der Waals surface area contributed by atoms with E-state index in [4.69, 9.17) is 17.0 Å². The van der Waals surface area contributed by atoms with Crippen molar-refractivity contribution in [3.8, 4) is 5.75 Å². The second-order valence-corrected chi connectivity index (χ2v) is 7.66. The van der Waals surface area contributed by atoms with E-state index >= 15 is 0 Å². The molecule has 0 spiro atoms. The summed E-state index contributed by atoms with van der Waals surface area (Å²) in [4.78, 5) is 23.3. The fraction of sp³-hybridized carbons (Fsp3) is 0.211. The number of halogens is 1. The standard InChI is InChI=1S/C19H19IN2O4S/c1-11(2)12-3-6-14(7-4-12)26-10-17(23)22-19(27)21-16-8-5-13(20)9-15(16)18(24)25/h3-9,11H,10H2,1-2H3,(H,24,25)(H2,21,22,23,27). The molecule has 3 N–H and O–H groups in total. The molecule has 0 saturated carbocycles. The molecule has 0 aliphatic carbocycles. The Morgan fingerprint density at radius 3 is 2.44 bits per heavy atom. The van der Waals surface area contributed by atoms with Crippen LogP contribution in [-0.4, -0.2) is 28.7 Å². The van der Waals surface area contributed by atoms with Gasteiger partial charge in [-0.05, 0) is 76.6 Å². The van der Waals surface area contributed by atoms with E-state index in [2.05, 4.69) is 24.5 Å². The highest BCUT2D eigenvalue weighted by Crippen LogP contribution is 2.19. The first-order chi connectivity index (χ1) is 12.8. The number of hydrogen-bond acceptors (Lipinski definition) is 4. The minimum absolute atomic E-state index is 0.00228. The Balaban J connectivity index is 1.89.